The fourth-order valence-corrected chi connectivity index (χ4v) is 6.12. The van der Waals surface area contributed by atoms with Gasteiger partial charge in [-0.05, 0) is 53.9 Å². The molecule has 7 nitrogen and oxygen atoms in total. The van der Waals surface area contributed by atoms with Gasteiger partial charge in [0.25, 0.3) is 0 Å². The van der Waals surface area contributed by atoms with Crippen LogP contribution in [-0.2, 0) is 4.79 Å². The van der Waals surface area contributed by atoms with Gasteiger partial charge in [-0.25, -0.2) is 4.98 Å². The van der Waals surface area contributed by atoms with E-state index in [1.807, 2.05) is 47.0 Å². The van der Waals surface area contributed by atoms with Crippen molar-refractivity contribution in [2.24, 2.45) is 0 Å². The molecule has 38 heavy (non-hydrogen) atoms. The molecule has 0 unspecified atom stereocenters. The predicted octanol–water partition coefficient (Wildman–Crippen LogP) is 7.71. The van der Waals surface area contributed by atoms with Crippen LogP contribution in [0.2, 0.25) is 10.0 Å². The molecule has 1 amide bonds. The number of hydrogen-bond acceptors (Lipinski definition) is 7. The summed E-state index contributed by atoms with van der Waals surface area (Å²) in [6.07, 6.45) is 0. The third-order valence-corrected chi connectivity index (χ3v) is 8.19. The van der Waals surface area contributed by atoms with E-state index in [9.17, 15) is 4.79 Å². The van der Waals surface area contributed by atoms with E-state index in [0.717, 1.165) is 27.2 Å². The van der Waals surface area contributed by atoms with Crippen LogP contribution in [0.1, 0.15) is 25.3 Å². The Kier molecular flexibility index (Phi) is 7.90. The minimum atomic E-state index is -0.196. The molecule has 1 N–H and O–H groups in total. The van der Waals surface area contributed by atoms with Crippen LogP contribution in [-0.4, -0.2) is 38.5 Å². The summed E-state index contributed by atoms with van der Waals surface area (Å²) in [6.45, 7) is 4.26. The molecule has 0 spiro atoms. The van der Waals surface area contributed by atoms with Crippen molar-refractivity contribution in [3.05, 3.63) is 76.3 Å². The molecule has 2 aromatic heterocycles. The number of anilines is 1. The van der Waals surface area contributed by atoms with E-state index in [4.69, 9.17) is 27.9 Å². The van der Waals surface area contributed by atoms with Crippen molar-refractivity contribution >= 4 is 67.6 Å². The Hall–Kier alpha value is -3.11. The van der Waals surface area contributed by atoms with Gasteiger partial charge in [0.1, 0.15) is 5.75 Å². The Morgan fingerprint density at radius 3 is 2.68 bits per heavy atom. The molecule has 0 aliphatic heterocycles. The Balaban J connectivity index is 1.44. The van der Waals surface area contributed by atoms with Gasteiger partial charge in [0.15, 0.2) is 16.1 Å². The number of methoxy groups -OCH3 is 1. The third-order valence-electron chi connectivity index (χ3n) is 5.78. The summed E-state index contributed by atoms with van der Waals surface area (Å²) < 4.78 is 8.16. The molecule has 5 rings (SSSR count). The first-order valence-electron chi connectivity index (χ1n) is 11.7. The predicted molar refractivity (Wildman–Crippen MR) is 156 cm³/mol. The van der Waals surface area contributed by atoms with Crippen molar-refractivity contribution in [2.75, 3.05) is 18.2 Å². The first-order valence-corrected chi connectivity index (χ1v) is 14.3. The van der Waals surface area contributed by atoms with Crippen LogP contribution in [0.25, 0.3) is 27.3 Å². The van der Waals surface area contributed by atoms with Gasteiger partial charge in [0.2, 0.25) is 5.91 Å². The van der Waals surface area contributed by atoms with E-state index in [2.05, 4.69) is 40.4 Å². The first-order chi connectivity index (χ1) is 18.3. The second-order valence-corrected chi connectivity index (χ2v) is 11.5. The zero-order chi connectivity index (χ0) is 26.8. The number of fused-ring (bicyclic) bond motifs is 1. The van der Waals surface area contributed by atoms with Gasteiger partial charge in [-0.1, -0.05) is 78.3 Å². The summed E-state index contributed by atoms with van der Waals surface area (Å²) in [7, 11) is 1.62. The number of amides is 1. The Morgan fingerprint density at radius 2 is 1.92 bits per heavy atom. The van der Waals surface area contributed by atoms with Crippen LogP contribution in [0.5, 0.6) is 5.75 Å². The Morgan fingerprint density at radius 1 is 1.11 bits per heavy atom. The molecule has 194 valence electrons. The van der Waals surface area contributed by atoms with Gasteiger partial charge in [0.05, 0.1) is 33.8 Å². The summed E-state index contributed by atoms with van der Waals surface area (Å²) >= 11 is 15.4. The van der Waals surface area contributed by atoms with Crippen molar-refractivity contribution < 1.29 is 9.53 Å². The average molecular weight is 585 g/mol. The molecular formula is C27H23Cl2N5O2S2. The van der Waals surface area contributed by atoms with Gasteiger partial charge in [0, 0.05) is 10.6 Å². The lowest BCUT2D eigenvalue weighted by Gasteiger charge is -2.17. The van der Waals surface area contributed by atoms with Crippen molar-refractivity contribution in [1.82, 2.24) is 19.7 Å². The number of halogens is 2. The molecule has 0 saturated heterocycles. The fourth-order valence-electron chi connectivity index (χ4n) is 3.98. The molecule has 11 heteroatoms. The molecule has 0 fully saturated rings. The summed E-state index contributed by atoms with van der Waals surface area (Å²) in [5, 5.41) is 13.9. The number of aromatic nitrogens is 4. The molecule has 0 atom stereocenters. The van der Waals surface area contributed by atoms with E-state index in [1.165, 1.54) is 23.1 Å². The Bertz CT molecular complexity index is 1630. The number of para-hydroxylation sites is 1. The summed E-state index contributed by atoms with van der Waals surface area (Å²) in [4.78, 5) is 17.4. The van der Waals surface area contributed by atoms with Crippen molar-refractivity contribution in [1.29, 1.82) is 0 Å². The smallest absolute Gasteiger partial charge is 0.236 e. The van der Waals surface area contributed by atoms with Gasteiger partial charge in [-0.15, -0.1) is 10.2 Å². The van der Waals surface area contributed by atoms with E-state index in [-0.39, 0.29) is 17.6 Å². The molecule has 2 heterocycles. The maximum Gasteiger partial charge on any atom is 0.236 e. The van der Waals surface area contributed by atoms with Crippen LogP contribution in [0, 0.1) is 0 Å². The van der Waals surface area contributed by atoms with E-state index >= 15 is 0 Å². The summed E-state index contributed by atoms with van der Waals surface area (Å²) in [6, 6.07) is 19.0. The molecule has 3 aromatic carbocycles. The fraction of sp³-hybridized carbons (Fsp3) is 0.185. The second-order valence-electron chi connectivity index (χ2n) is 8.67. The van der Waals surface area contributed by atoms with E-state index in [1.54, 1.807) is 19.2 Å². The summed E-state index contributed by atoms with van der Waals surface area (Å²) in [5.74, 6) is 1.49. The molecule has 5 aromatic rings. The lowest BCUT2D eigenvalue weighted by molar-refractivity contribution is -0.113. The number of ether oxygens (including phenoxy) is 1. The number of rotatable bonds is 8. The van der Waals surface area contributed by atoms with Crippen LogP contribution in [0.3, 0.4) is 0 Å². The van der Waals surface area contributed by atoms with Crippen LogP contribution < -0.4 is 10.1 Å². The largest absolute Gasteiger partial charge is 0.497 e. The average Bonchev–Trinajstić information content (AvgIpc) is 3.50. The lowest BCUT2D eigenvalue weighted by Crippen LogP contribution is -2.14. The topological polar surface area (TPSA) is 81.9 Å². The van der Waals surface area contributed by atoms with Crippen LogP contribution in [0.15, 0.2) is 65.8 Å². The highest BCUT2D eigenvalue weighted by atomic mass is 35.5. The van der Waals surface area contributed by atoms with Crippen molar-refractivity contribution in [2.45, 2.75) is 24.9 Å². The number of hydrogen-bond donors (Lipinski definition) is 1. The second kappa shape index (κ2) is 11.3. The van der Waals surface area contributed by atoms with Gasteiger partial charge < -0.3 is 10.1 Å². The minimum Gasteiger partial charge on any atom is -0.497 e. The highest BCUT2D eigenvalue weighted by Gasteiger charge is 2.22. The van der Waals surface area contributed by atoms with E-state index < -0.39 is 0 Å². The molecule has 0 saturated carbocycles. The van der Waals surface area contributed by atoms with Crippen LogP contribution in [0.4, 0.5) is 5.13 Å². The maximum atomic E-state index is 12.9. The zero-order valence-corrected chi connectivity index (χ0v) is 23.9. The SMILES string of the molecule is COc1ccc2nc(NC(=O)CSc3nnc(-c4ccc(Cl)cc4Cl)n3-c3ccccc3C(C)C)sc2c1. The molecule has 0 radical (unpaired) electrons. The van der Waals surface area contributed by atoms with Gasteiger partial charge in [-0.3, -0.25) is 9.36 Å². The number of nitrogens with one attached hydrogen (secondary N) is 1. The Labute approximate surface area is 238 Å². The number of carbonyl (C=O) groups is 1. The van der Waals surface area contributed by atoms with Crippen molar-refractivity contribution in [3.8, 4) is 22.8 Å². The third kappa shape index (κ3) is 5.51. The molecule has 0 aliphatic rings. The number of carbonyl (C=O) groups excluding carboxylic acids is 1. The van der Waals surface area contributed by atoms with Gasteiger partial charge in [-0.2, -0.15) is 0 Å². The van der Waals surface area contributed by atoms with Crippen molar-refractivity contribution in [3.63, 3.8) is 0 Å². The molecular weight excluding hydrogens is 561 g/mol. The zero-order valence-electron chi connectivity index (χ0n) is 20.7. The number of thioether (sulfide) groups is 1. The number of nitrogens with zero attached hydrogens (tertiary/aromatic N) is 4. The standard InChI is InChI=1S/C27H23Cl2N5O2S2/c1-15(2)18-6-4-5-7-22(18)34-25(19-10-8-16(28)12-20(19)29)32-33-27(34)37-14-24(35)31-26-30-21-11-9-17(36-3)13-23(21)38-26/h4-13,15H,14H2,1-3H3,(H,30,31,35). The number of thiazole rings is 1. The summed E-state index contributed by atoms with van der Waals surface area (Å²) in [5.41, 5.74) is 3.54. The quantitative estimate of drug-likeness (QED) is 0.188. The molecule has 0 aliphatic carbocycles. The molecule has 0 bridgehead atoms. The maximum absolute atomic E-state index is 12.9. The van der Waals surface area contributed by atoms with Crippen LogP contribution >= 0.6 is 46.3 Å². The lowest BCUT2D eigenvalue weighted by atomic mass is 10.0. The van der Waals surface area contributed by atoms with E-state index in [0.29, 0.717) is 31.7 Å². The van der Waals surface area contributed by atoms with Gasteiger partial charge >= 0.3 is 0 Å². The highest BCUT2D eigenvalue weighted by Crippen LogP contribution is 2.36. The first kappa shape index (κ1) is 26.5. The minimum absolute atomic E-state index is 0.121. The number of benzene rings is 3. The highest BCUT2D eigenvalue weighted by molar-refractivity contribution is 7.99. The monoisotopic (exact) mass is 583 g/mol. The normalized spacial score (nSPS) is 11.3.